The van der Waals surface area contributed by atoms with E-state index in [0.717, 1.165) is 15.6 Å². The average molecular weight is 480 g/mol. The summed E-state index contributed by atoms with van der Waals surface area (Å²) < 4.78 is 15.7. The molecule has 0 spiro atoms. The molecule has 4 rings (SSSR count). The fourth-order valence-corrected chi connectivity index (χ4v) is 4.06. The molecule has 0 aliphatic carbocycles. The fraction of sp³-hybridized carbons (Fsp3) is 0.120. The molecule has 1 aliphatic rings. The van der Waals surface area contributed by atoms with E-state index in [1.807, 2.05) is 19.9 Å². The second-order valence-corrected chi connectivity index (χ2v) is 8.35. The Balaban J connectivity index is 1.99. The second kappa shape index (κ2) is 8.12. The predicted molar refractivity (Wildman–Crippen MR) is 121 cm³/mol. The molecule has 3 aromatic carbocycles. The van der Waals surface area contributed by atoms with Crippen LogP contribution in [0.25, 0.3) is 5.76 Å². The minimum atomic E-state index is -1.09. The van der Waals surface area contributed by atoms with E-state index in [1.165, 1.54) is 23.1 Å². The number of Topliss-reactive ketones (excluding diaryl/α,β-unsaturated/α-hetero) is 1. The third-order valence-corrected chi connectivity index (χ3v) is 6.25. The van der Waals surface area contributed by atoms with E-state index < -0.39 is 23.5 Å². The van der Waals surface area contributed by atoms with Gasteiger partial charge in [0.1, 0.15) is 11.6 Å². The predicted octanol–water partition coefficient (Wildman–Crippen LogP) is 5.83. The summed E-state index contributed by atoms with van der Waals surface area (Å²) in [5.74, 6) is -2.57. The number of hydrogen-bond donors (Lipinski definition) is 1. The lowest BCUT2D eigenvalue weighted by atomic mass is 9.94. The van der Waals surface area contributed by atoms with Crippen molar-refractivity contribution in [3.8, 4) is 0 Å². The summed E-state index contributed by atoms with van der Waals surface area (Å²) in [6.07, 6.45) is 0. The maximum absolute atomic E-state index is 14.9. The molecule has 31 heavy (non-hydrogen) atoms. The molecule has 1 N–H and O–H groups in total. The first-order valence-electron chi connectivity index (χ1n) is 9.68. The quantitative estimate of drug-likeness (QED) is 0.292. The molecule has 0 radical (unpaired) electrons. The van der Waals surface area contributed by atoms with E-state index in [2.05, 4.69) is 15.9 Å². The number of halogens is 2. The Morgan fingerprint density at radius 1 is 1.00 bits per heavy atom. The maximum atomic E-state index is 14.9. The Morgan fingerprint density at radius 3 is 2.42 bits per heavy atom. The van der Waals surface area contributed by atoms with Crippen LogP contribution in [-0.4, -0.2) is 16.8 Å². The summed E-state index contributed by atoms with van der Waals surface area (Å²) in [6.45, 7) is 3.71. The lowest BCUT2D eigenvalue weighted by Gasteiger charge is -2.26. The Bertz CT molecular complexity index is 1250. The van der Waals surface area contributed by atoms with Crippen LogP contribution < -0.4 is 4.90 Å². The van der Waals surface area contributed by atoms with Gasteiger partial charge in [0, 0.05) is 21.3 Å². The van der Waals surface area contributed by atoms with Crippen LogP contribution >= 0.6 is 15.9 Å². The second-order valence-electron chi connectivity index (χ2n) is 7.49. The molecule has 156 valence electrons. The third-order valence-electron chi connectivity index (χ3n) is 5.36. The Morgan fingerprint density at radius 2 is 1.74 bits per heavy atom. The zero-order chi connectivity index (χ0) is 22.3. The van der Waals surface area contributed by atoms with Gasteiger partial charge in [-0.2, -0.15) is 0 Å². The van der Waals surface area contributed by atoms with E-state index in [-0.39, 0.29) is 16.9 Å². The summed E-state index contributed by atoms with van der Waals surface area (Å²) >= 11 is 3.41. The van der Waals surface area contributed by atoms with Crippen LogP contribution in [0.15, 0.2) is 76.8 Å². The first-order chi connectivity index (χ1) is 14.8. The molecule has 0 aromatic heterocycles. The molecule has 1 saturated heterocycles. The normalized spacial score (nSPS) is 17.9. The lowest BCUT2D eigenvalue weighted by Crippen LogP contribution is -2.29. The number of anilines is 1. The van der Waals surface area contributed by atoms with Crippen molar-refractivity contribution in [3.05, 3.63) is 105 Å². The molecule has 6 heteroatoms. The van der Waals surface area contributed by atoms with Crippen LogP contribution in [0, 0.1) is 19.7 Å². The van der Waals surface area contributed by atoms with Crippen molar-refractivity contribution in [1.29, 1.82) is 0 Å². The summed E-state index contributed by atoms with van der Waals surface area (Å²) in [5, 5.41) is 11.1. The molecule has 1 aliphatic heterocycles. The number of benzene rings is 3. The van der Waals surface area contributed by atoms with Gasteiger partial charge in [-0.25, -0.2) is 4.39 Å². The van der Waals surface area contributed by atoms with Crippen LogP contribution in [0.1, 0.15) is 28.3 Å². The highest BCUT2D eigenvalue weighted by Gasteiger charge is 2.47. The molecular weight excluding hydrogens is 461 g/mol. The molecule has 3 aromatic rings. The highest BCUT2D eigenvalue weighted by molar-refractivity contribution is 9.10. The minimum Gasteiger partial charge on any atom is -0.507 e. The zero-order valence-electron chi connectivity index (χ0n) is 16.9. The number of rotatable bonds is 3. The van der Waals surface area contributed by atoms with Crippen LogP contribution in [0.2, 0.25) is 0 Å². The van der Waals surface area contributed by atoms with Crippen molar-refractivity contribution in [2.24, 2.45) is 0 Å². The number of carbonyl (C=O) groups is 2. The number of aryl methyl sites for hydroxylation is 2. The van der Waals surface area contributed by atoms with Crippen LogP contribution in [0.4, 0.5) is 10.1 Å². The summed E-state index contributed by atoms with van der Waals surface area (Å²) in [7, 11) is 0. The van der Waals surface area contributed by atoms with Crippen LogP contribution in [-0.2, 0) is 9.59 Å². The van der Waals surface area contributed by atoms with Gasteiger partial charge in [-0.15, -0.1) is 0 Å². The van der Waals surface area contributed by atoms with Crippen molar-refractivity contribution >= 4 is 39.1 Å². The van der Waals surface area contributed by atoms with Gasteiger partial charge >= 0.3 is 0 Å². The Kier molecular flexibility index (Phi) is 5.50. The monoisotopic (exact) mass is 479 g/mol. The largest absolute Gasteiger partial charge is 0.507 e. The molecular formula is C25H19BrFNO3. The van der Waals surface area contributed by atoms with Gasteiger partial charge in [-0.3, -0.25) is 14.5 Å². The van der Waals surface area contributed by atoms with E-state index in [4.69, 9.17) is 0 Å². The molecule has 1 heterocycles. The smallest absolute Gasteiger partial charge is 0.300 e. The number of ketones is 1. The van der Waals surface area contributed by atoms with Crippen LogP contribution in [0.5, 0.6) is 0 Å². The van der Waals surface area contributed by atoms with Crippen molar-refractivity contribution in [1.82, 2.24) is 0 Å². The van der Waals surface area contributed by atoms with Crippen molar-refractivity contribution < 1.29 is 19.1 Å². The molecule has 1 unspecified atom stereocenters. The third kappa shape index (κ3) is 3.68. The summed E-state index contributed by atoms with van der Waals surface area (Å²) in [5.41, 5.74) is 2.57. The first kappa shape index (κ1) is 21.0. The molecule has 1 fully saturated rings. The highest BCUT2D eigenvalue weighted by Crippen LogP contribution is 2.43. The van der Waals surface area contributed by atoms with Gasteiger partial charge in [0.25, 0.3) is 11.7 Å². The summed E-state index contributed by atoms with van der Waals surface area (Å²) in [4.78, 5) is 27.4. The van der Waals surface area contributed by atoms with Gasteiger partial charge in [-0.05, 0) is 55.3 Å². The van der Waals surface area contributed by atoms with Crippen molar-refractivity contribution in [2.75, 3.05) is 4.90 Å². The van der Waals surface area contributed by atoms with Gasteiger partial charge < -0.3 is 5.11 Å². The van der Waals surface area contributed by atoms with Gasteiger partial charge in [-0.1, -0.05) is 52.3 Å². The SMILES string of the molecule is Cc1cccc(N2C(=O)C(=O)/C(=C(/O)c3ccc(Br)c(C)c3)C2c2ccccc2F)c1. The van der Waals surface area contributed by atoms with E-state index in [1.54, 1.807) is 42.5 Å². The number of hydrogen-bond acceptors (Lipinski definition) is 3. The number of nitrogens with zero attached hydrogens (tertiary/aromatic N) is 1. The number of aliphatic hydroxyl groups excluding tert-OH is 1. The molecule has 1 atom stereocenters. The highest BCUT2D eigenvalue weighted by atomic mass is 79.9. The van der Waals surface area contributed by atoms with Gasteiger partial charge in [0.15, 0.2) is 0 Å². The van der Waals surface area contributed by atoms with E-state index >= 15 is 0 Å². The molecule has 1 amide bonds. The Labute approximate surface area is 187 Å². The number of amides is 1. The maximum Gasteiger partial charge on any atom is 0.300 e. The molecule has 0 saturated carbocycles. The lowest BCUT2D eigenvalue weighted by molar-refractivity contribution is -0.132. The van der Waals surface area contributed by atoms with Crippen molar-refractivity contribution in [2.45, 2.75) is 19.9 Å². The van der Waals surface area contributed by atoms with Crippen LogP contribution in [0.3, 0.4) is 0 Å². The summed E-state index contributed by atoms with van der Waals surface area (Å²) in [6, 6.07) is 17.1. The zero-order valence-corrected chi connectivity index (χ0v) is 18.5. The van der Waals surface area contributed by atoms with E-state index in [9.17, 15) is 19.1 Å². The standard InChI is InChI=1S/C25H19BrFNO3/c1-14-6-5-7-17(12-14)28-22(18-8-3-4-9-20(18)27)21(24(30)25(28)31)23(29)16-10-11-19(26)15(2)13-16/h3-13,22,29H,1-2H3/b23-21+. The number of carbonyl (C=O) groups excluding carboxylic acids is 2. The number of aliphatic hydroxyl groups is 1. The Hall–Kier alpha value is -3.25. The van der Waals surface area contributed by atoms with E-state index in [0.29, 0.717) is 11.3 Å². The fourth-order valence-electron chi connectivity index (χ4n) is 3.82. The molecule has 4 nitrogen and oxygen atoms in total. The molecule has 0 bridgehead atoms. The first-order valence-corrected chi connectivity index (χ1v) is 10.5. The topological polar surface area (TPSA) is 57.6 Å². The van der Waals surface area contributed by atoms with Gasteiger partial charge in [0.2, 0.25) is 0 Å². The van der Waals surface area contributed by atoms with Gasteiger partial charge in [0.05, 0.1) is 11.6 Å². The average Bonchev–Trinajstić information content (AvgIpc) is 3.00. The minimum absolute atomic E-state index is 0.138. The van der Waals surface area contributed by atoms with Crippen molar-refractivity contribution in [3.63, 3.8) is 0 Å².